The molecule has 1 atom stereocenters. The Balaban J connectivity index is 1.58. The summed E-state index contributed by atoms with van der Waals surface area (Å²) in [5.74, 6) is 0.118. The number of carbonyl (C=O) groups excluding carboxylic acids is 1. The van der Waals surface area contributed by atoms with E-state index in [2.05, 4.69) is 52.9 Å². The first-order chi connectivity index (χ1) is 12.4. The van der Waals surface area contributed by atoms with Crippen LogP contribution in [0.3, 0.4) is 0 Å². The van der Waals surface area contributed by atoms with Crippen molar-refractivity contribution in [1.82, 2.24) is 20.0 Å². The van der Waals surface area contributed by atoms with Crippen molar-refractivity contribution < 1.29 is 4.79 Å². The van der Waals surface area contributed by atoms with Gasteiger partial charge in [0.05, 0.1) is 17.3 Å². The lowest BCUT2D eigenvalue weighted by Gasteiger charge is -2.29. The molecule has 1 saturated heterocycles. The van der Waals surface area contributed by atoms with Gasteiger partial charge in [-0.15, -0.1) is 0 Å². The van der Waals surface area contributed by atoms with Crippen LogP contribution in [-0.4, -0.2) is 39.7 Å². The van der Waals surface area contributed by atoms with Gasteiger partial charge >= 0.3 is 0 Å². The van der Waals surface area contributed by atoms with Gasteiger partial charge in [0.1, 0.15) is 0 Å². The molecule has 0 aromatic carbocycles. The molecule has 0 bridgehead atoms. The smallest absolute Gasteiger partial charge is 0.257 e. The average Bonchev–Trinajstić information content (AvgIpc) is 3.06. The Morgan fingerprint density at radius 1 is 1.42 bits per heavy atom. The number of amides is 1. The second-order valence-corrected chi connectivity index (χ2v) is 9.52. The zero-order valence-electron chi connectivity index (χ0n) is 15.9. The summed E-state index contributed by atoms with van der Waals surface area (Å²) in [4.78, 5) is 15.5. The maximum Gasteiger partial charge on any atom is 0.257 e. The molecule has 1 unspecified atom stereocenters. The summed E-state index contributed by atoms with van der Waals surface area (Å²) in [5.41, 5.74) is 2.14. The summed E-state index contributed by atoms with van der Waals surface area (Å²) in [6.45, 7) is 9.13. The highest BCUT2D eigenvalue weighted by Crippen LogP contribution is 2.56. The minimum atomic E-state index is -0.118. The molecule has 1 aliphatic carbocycles. The average molecular weight is 373 g/mol. The van der Waals surface area contributed by atoms with Crippen LogP contribution in [0.5, 0.6) is 0 Å². The molecule has 6 heteroatoms. The maximum absolute atomic E-state index is 13.4. The van der Waals surface area contributed by atoms with Crippen molar-refractivity contribution in [2.45, 2.75) is 58.2 Å². The number of piperidine rings is 1. The monoisotopic (exact) mass is 372 g/mol. The second kappa shape index (κ2) is 6.50. The molecule has 3 heterocycles. The summed E-state index contributed by atoms with van der Waals surface area (Å²) in [6.07, 6.45) is 7.11. The number of thiophene rings is 1. The van der Waals surface area contributed by atoms with E-state index in [-0.39, 0.29) is 11.4 Å². The zero-order chi connectivity index (χ0) is 18.4. The number of rotatable bonds is 4. The summed E-state index contributed by atoms with van der Waals surface area (Å²) in [6, 6.07) is 2.48. The minimum absolute atomic E-state index is 0.118. The van der Waals surface area contributed by atoms with Gasteiger partial charge in [0.15, 0.2) is 0 Å². The number of carbonyl (C=O) groups is 1. The van der Waals surface area contributed by atoms with Crippen molar-refractivity contribution in [2.24, 2.45) is 5.41 Å². The highest BCUT2D eigenvalue weighted by molar-refractivity contribution is 7.07. The van der Waals surface area contributed by atoms with Crippen molar-refractivity contribution in [3.8, 4) is 0 Å². The molecule has 2 aliphatic rings. The standard InChI is InChI=1S/C20H28N4OS/c1-19(2,3)24-13-16(11-22-24)18(25)23(12-15-4-9-26-14-15)17-10-20(17)5-7-21-8-6-20/h4,9,11,13-14,17,21H,5-8,10,12H2,1-3H3. The molecule has 26 heavy (non-hydrogen) atoms. The zero-order valence-corrected chi connectivity index (χ0v) is 16.7. The van der Waals surface area contributed by atoms with Crippen LogP contribution in [-0.2, 0) is 12.1 Å². The van der Waals surface area contributed by atoms with Gasteiger partial charge in [0.25, 0.3) is 5.91 Å². The third-order valence-electron chi connectivity index (χ3n) is 5.83. The van der Waals surface area contributed by atoms with Crippen LogP contribution in [0, 0.1) is 5.41 Å². The molecule has 1 amide bonds. The van der Waals surface area contributed by atoms with E-state index in [1.807, 2.05) is 10.9 Å². The van der Waals surface area contributed by atoms with E-state index >= 15 is 0 Å². The topological polar surface area (TPSA) is 50.2 Å². The molecule has 1 spiro atoms. The van der Waals surface area contributed by atoms with Gasteiger partial charge in [-0.05, 0) is 80.9 Å². The van der Waals surface area contributed by atoms with Crippen LogP contribution in [0.25, 0.3) is 0 Å². The van der Waals surface area contributed by atoms with Crippen LogP contribution >= 0.6 is 11.3 Å². The van der Waals surface area contributed by atoms with E-state index in [4.69, 9.17) is 0 Å². The molecule has 2 fully saturated rings. The van der Waals surface area contributed by atoms with E-state index in [1.165, 1.54) is 18.4 Å². The number of aromatic nitrogens is 2. The van der Waals surface area contributed by atoms with E-state index in [1.54, 1.807) is 17.5 Å². The van der Waals surface area contributed by atoms with Crippen molar-refractivity contribution in [3.63, 3.8) is 0 Å². The molecule has 0 radical (unpaired) electrons. The minimum Gasteiger partial charge on any atom is -0.331 e. The Bertz CT molecular complexity index is 768. The Labute approximate surface area is 159 Å². The van der Waals surface area contributed by atoms with E-state index in [9.17, 15) is 4.79 Å². The SMILES string of the molecule is CC(C)(C)n1cc(C(=O)N(Cc2ccsc2)C2CC23CCNCC3)cn1. The number of hydrogen-bond donors (Lipinski definition) is 1. The summed E-state index contributed by atoms with van der Waals surface area (Å²) >= 11 is 1.69. The van der Waals surface area contributed by atoms with E-state index in [0.717, 1.165) is 19.5 Å². The quantitative estimate of drug-likeness (QED) is 0.894. The Kier molecular flexibility index (Phi) is 4.43. The van der Waals surface area contributed by atoms with Gasteiger partial charge < -0.3 is 10.2 Å². The lowest BCUT2D eigenvalue weighted by molar-refractivity contribution is 0.0692. The molecule has 2 aromatic rings. The second-order valence-electron chi connectivity index (χ2n) is 8.74. The van der Waals surface area contributed by atoms with Crippen LogP contribution in [0.4, 0.5) is 0 Å². The van der Waals surface area contributed by atoms with Gasteiger partial charge in [-0.25, -0.2) is 0 Å². The number of nitrogens with one attached hydrogen (secondary N) is 1. The predicted molar refractivity (Wildman–Crippen MR) is 104 cm³/mol. The third-order valence-corrected chi connectivity index (χ3v) is 6.56. The largest absolute Gasteiger partial charge is 0.331 e. The van der Waals surface area contributed by atoms with Crippen LogP contribution in [0.2, 0.25) is 0 Å². The summed E-state index contributed by atoms with van der Waals surface area (Å²) in [5, 5.41) is 12.1. The molecular formula is C20H28N4OS. The third kappa shape index (κ3) is 3.32. The van der Waals surface area contributed by atoms with Crippen LogP contribution in [0.1, 0.15) is 56.0 Å². The molecule has 1 aliphatic heterocycles. The summed E-state index contributed by atoms with van der Waals surface area (Å²) < 4.78 is 1.89. The molecular weight excluding hydrogens is 344 g/mol. The predicted octanol–water partition coefficient (Wildman–Crippen LogP) is 3.48. The Morgan fingerprint density at radius 2 is 2.19 bits per heavy atom. The normalized spacial score (nSPS) is 21.7. The van der Waals surface area contributed by atoms with Crippen LogP contribution in [0.15, 0.2) is 29.2 Å². The van der Waals surface area contributed by atoms with Crippen molar-refractivity contribution in [1.29, 1.82) is 0 Å². The number of hydrogen-bond acceptors (Lipinski definition) is 4. The first-order valence-electron chi connectivity index (χ1n) is 9.47. The Hall–Kier alpha value is -1.66. The van der Waals surface area contributed by atoms with Crippen molar-refractivity contribution in [2.75, 3.05) is 13.1 Å². The fourth-order valence-electron chi connectivity index (χ4n) is 4.10. The van der Waals surface area contributed by atoms with Gasteiger partial charge in [-0.3, -0.25) is 9.48 Å². The van der Waals surface area contributed by atoms with Gasteiger partial charge in [0.2, 0.25) is 0 Å². The van der Waals surface area contributed by atoms with E-state index < -0.39 is 0 Å². The first-order valence-corrected chi connectivity index (χ1v) is 10.4. The maximum atomic E-state index is 13.4. The van der Waals surface area contributed by atoms with E-state index in [0.29, 0.717) is 23.6 Å². The lowest BCUT2D eigenvalue weighted by atomic mass is 9.93. The van der Waals surface area contributed by atoms with Gasteiger partial charge in [-0.1, -0.05) is 0 Å². The molecule has 1 N–H and O–H groups in total. The molecule has 5 nitrogen and oxygen atoms in total. The fraction of sp³-hybridized carbons (Fsp3) is 0.600. The van der Waals surface area contributed by atoms with Gasteiger partial charge in [-0.2, -0.15) is 16.4 Å². The highest BCUT2D eigenvalue weighted by Gasteiger charge is 2.57. The molecule has 140 valence electrons. The Morgan fingerprint density at radius 3 is 2.81 bits per heavy atom. The highest BCUT2D eigenvalue weighted by atomic mass is 32.1. The number of nitrogens with zero attached hydrogens (tertiary/aromatic N) is 3. The van der Waals surface area contributed by atoms with Crippen LogP contribution < -0.4 is 5.32 Å². The molecule has 1 saturated carbocycles. The lowest BCUT2D eigenvalue weighted by Crippen LogP contribution is -2.39. The molecule has 2 aromatic heterocycles. The summed E-state index contributed by atoms with van der Waals surface area (Å²) in [7, 11) is 0. The van der Waals surface area contributed by atoms with Crippen molar-refractivity contribution in [3.05, 3.63) is 40.3 Å². The van der Waals surface area contributed by atoms with Crippen molar-refractivity contribution >= 4 is 17.2 Å². The van der Waals surface area contributed by atoms with Gasteiger partial charge in [0, 0.05) is 18.8 Å². The fourth-order valence-corrected chi connectivity index (χ4v) is 4.76. The first kappa shape index (κ1) is 17.7. The molecule has 4 rings (SSSR count).